The third kappa shape index (κ3) is 4.60. The summed E-state index contributed by atoms with van der Waals surface area (Å²) in [5.41, 5.74) is 6.88. The maximum absolute atomic E-state index is 11.8. The number of thioether (sulfide) groups is 1. The first kappa shape index (κ1) is 14.5. The number of halogens is 1. The molecule has 0 spiro atoms. The fourth-order valence-electron chi connectivity index (χ4n) is 1.87. The summed E-state index contributed by atoms with van der Waals surface area (Å²) >= 11 is 7.48. The number of nitrogen functional groups attached to an aromatic ring is 1. The molecule has 1 amide bonds. The monoisotopic (exact) mass is 300 g/mol. The first-order valence-corrected chi connectivity index (χ1v) is 7.62. The van der Waals surface area contributed by atoms with Crippen LogP contribution in [0, 0.1) is 0 Å². The van der Waals surface area contributed by atoms with Crippen LogP contribution in [0.25, 0.3) is 0 Å². The number of nitrogens with one attached hydrogen (secondary N) is 1. The second-order valence-electron chi connectivity index (χ2n) is 4.40. The third-order valence-corrected chi connectivity index (χ3v) is 4.51. The maximum atomic E-state index is 11.8. The Morgan fingerprint density at radius 2 is 2.21 bits per heavy atom. The minimum absolute atomic E-state index is 0.0366. The zero-order valence-electron chi connectivity index (χ0n) is 10.5. The Morgan fingerprint density at radius 3 is 2.89 bits per heavy atom. The topological polar surface area (TPSA) is 64.3 Å². The molecule has 104 valence electrons. The van der Waals surface area contributed by atoms with Crippen LogP contribution in [0.1, 0.15) is 12.8 Å². The van der Waals surface area contributed by atoms with E-state index in [2.05, 4.69) is 5.32 Å². The van der Waals surface area contributed by atoms with Gasteiger partial charge in [0.15, 0.2) is 0 Å². The minimum atomic E-state index is -0.0366. The van der Waals surface area contributed by atoms with Gasteiger partial charge >= 0.3 is 0 Å². The van der Waals surface area contributed by atoms with Crippen molar-refractivity contribution in [3.05, 3.63) is 23.2 Å². The molecule has 0 saturated carbocycles. The zero-order chi connectivity index (χ0) is 13.7. The molecule has 3 N–H and O–H groups in total. The number of anilines is 2. The van der Waals surface area contributed by atoms with E-state index in [4.69, 9.17) is 22.1 Å². The Morgan fingerprint density at radius 1 is 1.47 bits per heavy atom. The number of amides is 1. The van der Waals surface area contributed by atoms with Crippen molar-refractivity contribution in [2.45, 2.75) is 18.1 Å². The molecule has 1 fully saturated rings. The molecule has 1 aromatic carbocycles. The summed E-state index contributed by atoms with van der Waals surface area (Å²) in [6.45, 7) is 1.59. The standard InChI is InChI=1S/C13H17ClN2O2S/c14-9-1-2-12(11(15)7-9)16-13(17)8-19-10-3-5-18-6-4-10/h1-2,7,10H,3-6,8,15H2,(H,16,17). The number of hydrogen-bond donors (Lipinski definition) is 2. The van der Waals surface area contributed by atoms with Gasteiger partial charge in [-0.1, -0.05) is 11.6 Å². The number of benzene rings is 1. The Labute approximate surface area is 122 Å². The third-order valence-electron chi connectivity index (χ3n) is 2.91. The molecule has 0 aromatic heterocycles. The van der Waals surface area contributed by atoms with E-state index >= 15 is 0 Å². The number of ether oxygens (including phenoxy) is 1. The lowest BCUT2D eigenvalue weighted by atomic mass is 10.2. The molecule has 4 nitrogen and oxygen atoms in total. The first-order chi connectivity index (χ1) is 9.15. The van der Waals surface area contributed by atoms with Crippen LogP contribution in [0.4, 0.5) is 11.4 Å². The molecule has 1 saturated heterocycles. The number of rotatable bonds is 4. The van der Waals surface area contributed by atoms with E-state index in [0.717, 1.165) is 26.1 Å². The number of nitrogens with two attached hydrogens (primary N) is 1. The predicted octanol–water partition coefficient (Wildman–Crippen LogP) is 2.77. The molecule has 0 unspecified atom stereocenters. The summed E-state index contributed by atoms with van der Waals surface area (Å²) in [6.07, 6.45) is 2.03. The second-order valence-corrected chi connectivity index (χ2v) is 6.13. The lowest BCUT2D eigenvalue weighted by Gasteiger charge is -2.21. The van der Waals surface area contributed by atoms with Crippen LogP contribution in [0.5, 0.6) is 0 Å². The summed E-state index contributed by atoms with van der Waals surface area (Å²) < 4.78 is 5.29. The van der Waals surface area contributed by atoms with Gasteiger partial charge < -0.3 is 15.8 Å². The fourth-order valence-corrected chi connectivity index (χ4v) is 3.04. The second kappa shape index (κ2) is 7.03. The first-order valence-electron chi connectivity index (χ1n) is 6.19. The summed E-state index contributed by atoms with van der Waals surface area (Å²) in [7, 11) is 0. The number of hydrogen-bond acceptors (Lipinski definition) is 4. The van der Waals surface area contributed by atoms with Gasteiger partial charge in [0.25, 0.3) is 0 Å². The van der Waals surface area contributed by atoms with Crippen LogP contribution in [-0.4, -0.2) is 30.1 Å². The molecule has 6 heteroatoms. The lowest BCUT2D eigenvalue weighted by molar-refractivity contribution is -0.113. The van der Waals surface area contributed by atoms with Gasteiger partial charge in [0.1, 0.15) is 0 Å². The van der Waals surface area contributed by atoms with Crippen molar-refractivity contribution in [1.82, 2.24) is 0 Å². The van der Waals surface area contributed by atoms with Crippen molar-refractivity contribution < 1.29 is 9.53 Å². The van der Waals surface area contributed by atoms with Gasteiger partial charge in [-0.15, -0.1) is 11.8 Å². The zero-order valence-corrected chi connectivity index (χ0v) is 12.1. The van der Waals surface area contributed by atoms with Crippen molar-refractivity contribution >= 4 is 40.6 Å². The van der Waals surface area contributed by atoms with Crippen molar-refractivity contribution in [3.63, 3.8) is 0 Å². The molecule has 19 heavy (non-hydrogen) atoms. The molecule has 0 atom stereocenters. The molecule has 1 aromatic rings. The van der Waals surface area contributed by atoms with Gasteiger partial charge in [-0.3, -0.25) is 4.79 Å². The van der Waals surface area contributed by atoms with Crippen molar-refractivity contribution in [2.24, 2.45) is 0 Å². The van der Waals surface area contributed by atoms with Crippen LogP contribution in [0.3, 0.4) is 0 Å². The molecular formula is C13H17ClN2O2S. The molecule has 0 bridgehead atoms. The minimum Gasteiger partial charge on any atom is -0.397 e. The SMILES string of the molecule is Nc1cc(Cl)ccc1NC(=O)CSC1CCOCC1. The highest BCUT2D eigenvalue weighted by atomic mass is 35.5. The van der Waals surface area contributed by atoms with E-state index in [0.29, 0.717) is 27.4 Å². The van der Waals surface area contributed by atoms with Crippen LogP contribution in [0.2, 0.25) is 5.02 Å². The predicted molar refractivity (Wildman–Crippen MR) is 80.8 cm³/mol. The Hall–Kier alpha value is -0.910. The van der Waals surface area contributed by atoms with Crippen molar-refractivity contribution in [3.8, 4) is 0 Å². The lowest BCUT2D eigenvalue weighted by Crippen LogP contribution is -2.21. The van der Waals surface area contributed by atoms with Crippen molar-refractivity contribution in [2.75, 3.05) is 30.0 Å². The largest absolute Gasteiger partial charge is 0.397 e. The van der Waals surface area contributed by atoms with E-state index in [1.807, 2.05) is 0 Å². The highest BCUT2D eigenvalue weighted by molar-refractivity contribution is 8.00. The summed E-state index contributed by atoms with van der Waals surface area (Å²) in [4.78, 5) is 11.8. The quantitative estimate of drug-likeness (QED) is 0.839. The highest BCUT2D eigenvalue weighted by Crippen LogP contribution is 2.24. The smallest absolute Gasteiger partial charge is 0.234 e. The van der Waals surface area contributed by atoms with E-state index in [1.165, 1.54) is 0 Å². The molecule has 0 aliphatic carbocycles. The Kier molecular flexibility index (Phi) is 5.36. The van der Waals surface area contributed by atoms with E-state index < -0.39 is 0 Å². The van der Waals surface area contributed by atoms with Crippen LogP contribution >= 0.6 is 23.4 Å². The maximum Gasteiger partial charge on any atom is 0.234 e. The summed E-state index contributed by atoms with van der Waals surface area (Å²) in [5, 5.41) is 3.88. The Bertz CT molecular complexity index is 450. The molecule has 2 rings (SSSR count). The van der Waals surface area contributed by atoms with Gasteiger partial charge in [0.2, 0.25) is 5.91 Å². The van der Waals surface area contributed by atoms with Gasteiger partial charge in [-0.05, 0) is 31.0 Å². The van der Waals surface area contributed by atoms with E-state index in [1.54, 1.807) is 30.0 Å². The number of carbonyl (C=O) groups excluding carboxylic acids is 1. The van der Waals surface area contributed by atoms with Gasteiger partial charge in [0.05, 0.1) is 17.1 Å². The van der Waals surface area contributed by atoms with Crippen LogP contribution < -0.4 is 11.1 Å². The summed E-state index contributed by atoms with van der Waals surface area (Å²) in [6, 6.07) is 5.05. The number of carbonyl (C=O) groups is 1. The molecule has 0 radical (unpaired) electrons. The molecule has 1 aliphatic rings. The molecule has 1 heterocycles. The van der Waals surface area contributed by atoms with Gasteiger partial charge in [-0.2, -0.15) is 0 Å². The molecular weight excluding hydrogens is 284 g/mol. The van der Waals surface area contributed by atoms with Gasteiger partial charge in [-0.25, -0.2) is 0 Å². The average molecular weight is 301 g/mol. The van der Waals surface area contributed by atoms with Crippen LogP contribution in [0.15, 0.2) is 18.2 Å². The average Bonchev–Trinajstić information content (AvgIpc) is 2.41. The Balaban J connectivity index is 1.80. The van der Waals surface area contributed by atoms with Crippen molar-refractivity contribution in [1.29, 1.82) is 0 Å². The van der Waals surface area contributed by atoms with E-state index in [9.17, 15) is 4.79 Å². The van der Waals surface area contributed by atoms with Gasteiger partial charge in [0, 0.05) is 23.5 Å². The fraction of sp³-hybridized carbons (Fsp3) is 0.462. The normalized spacial score (nSPS) is 16.3. The highest BCUT2D eigenvalue weighted by Gasteiger charge is 2.16. The molecule has 1 aliphatic heterocycles. The summed E-state index contributed by atoms with van der Waals surface area (Å²) in [5.74, 6) is 0.401. The van der Waals surface area contributed by atoms with Crippen LogP contribution in [-0.2, 0) is 9.53 Å². The van der Waals surface area contributed by atoms with E-state index in [-0.39, 0.29) is 5.91 Å².